The molecule has 1 aliphatic rings. The Balaban J connectivity index is 1.55. The first kappa shape index (κ1) is 20.8. The van der Waals surface area contributed by atoms with Crippen molar-refractivity contribution < 1.29 is 9.21 Å². The number of carbonyl (C=O) groups excluding carboxylic acids is 1. The Morgan fingerprint density at radius 2 is 1.93 bits per heavy atom. The molecule has 0 unspecified atom stereocenters. The van der Waals surface area contributed by atoms with Crippen molar-refractivity contribution >= 4 is 28.2 Å². The Morgan fingerprint density at radius 3 is 2.63 bits per heavy atom. The molecule has 0 spiro atoms. The zero-order valence-electron chi connectivity index (χ0n) is 17.6. The fraction of sp³-hybridized carbons (Fsp3) is 0.417. The second-order valence-corrected chi connectivity index (χ2v) is 9.10. The number of amides is 1. The molecule has 1 aliphatic heterocycles. The van der Waals surface area contributed by atoms with Gasteiger partial charge in [-0.3, -0.25) is 14.5 Å². The van der Waals surface area contributed by atoms with Gasteiger partial charge in [0.05, 0.1) is 11.4 Å². The molecule has 1 N–H and O–H groups in total. The molecule has 2 aromatic heterocycles. The van der Waals surface area contributed by atoms with Gasteiger partial charge in [-0.15, -0.1) is 11.3 Å². The molecule has 0 radical (unpaired) electrons. The van der Waals surface area contributed by atoms with Crippen LogP contribution in [-0.4, -0.2) is 30.4 Å². The van der Waals surface area contributed by atoms with Crippen LogP contribution in [0.15, 0.2) is 44.9 Å². The molecule has 0 aliphatic carbocycles. The topological polar surface area (TPSA) is 62.6 Å². The van der Waals surface area contributed by atoms with Crippen LogP contribution >= 0.6 is 11.3 Å². The van der Waals surface area contributed by atoms with Crippen molar-refractivity contribution in [2.75, 3.05) is 19.6 Å². The normalized spacial score (nSPS) is 16.3. The van der Waals surface area contributed by atoms with Gasteiger partial charge in [0.25, 0.3) is 5.91 Å². The third kappa shape index (κ3) is 4.50. The predicted octanol–water partition coefficient (Wildman–Crippen LogP) is 4.82. The first-order valence-electron chi connectivity index (χ1n) is 10.6. The summed E-state index contributed by atoms with van der Waals surface area (Å²) in [6.45, 7) is 6.42. The van der Waals surface area contributed by atoms with Crippen LogP contribution < -0.4 is 10.7 Å². The van der Waals surface area contributed by atoms with E-state index in [0.717, 1.165) is 24.2 Å². The fourth-order valence-electron chi connectivity index (χ4n) is 4.29. The molecule has 3 heterocycles. The Bertz CT molecular complexity index is 1080. The molecule has 1 fully saturated rings. The fourth-order valence-corrected chi connectivity index (χ4v) is 5.16. The van der Waals surface area contributed by atoms with Gasteiger partial charge in [-0.1, -0.05) is 25.0 Å². The van der Waals surface area contributed by atoms with E-state index in [-0.39, 0.29) is 23.1 Å². The summed E-state index contributed by atoms with van der Waals surface area (Å²) in [4.78, 5) is 29.2. The second-order valence-electron chi connectivity index (χ2n) is 8.12. The van der Waals surface area contributed by atoms with E-state index in [9.17, 15) is 9.59 Å². The van der Waals surface area contributed by atoms with E-state index in [4.69, 9.17) is 4.42 Å². The van der Waals surface area contributed by atoms with Crippen LogP contribution in [-0.2, 0) is 0 Å². The largest absolute Gasteiger partial charge is 0.450 e. The predicted molar refractivity (Wildman–Crippen MR) is 121 cm³/mol. The van der Waals surface area contributed by atoms with Gasteiger partial charge < -0.3 is 9.73 Å². The zero-order valence-corrected chi connectivity index (χ0v) is 18.4. The number of fused-ring (bicyclic) bond motifs is 1. The number of benzene rings is 1. The van der Waals surface area contributed by atoms with E-state index in [1.165, 1.54) is 36.6 Å². The molecule has 3 aromatic rings. The molecule has 158 valence electrons. The third-order valence-corrected chi connectivity index (χ3v) is 6.76. The molecule has 6 heteroatoms. The summed E-state index contributed by atoms with van der Waals surface area (Å²) in [7, 11) is 0. The van der Waals surface area contributed by atoms with Crippen molar-refractivity contribution in [3.63, 3.8) is 0 Å². The Labute approximate surface area is 180 Å². The number of nitrogens with zero attached hydrogens (tertiary/aromatic N) is 1. The molecular weight excluding hydrogens is 396 g/mol. The number of hydrogen-bond acceptors (Lipinski definition) is 5. The Hall–Kier alpha value is -2.44. The summed E-state index contributed by atoms with van der Waals surface area (Å²) in [5.41, 5.74) is 2.16. The number of hydrogen-bond donors (Lipinski definition) is 1. The van der Waals surface area contributed by atoms with E-state index in [1.54, 1.807) is 11.3 Å². The number of rotatable bonds is 5. The standard InChI is InChI=1S/C24H28N2O3S/c1-16-12-17(2)23-18(13-16)20(27)14-21(29-23)24(28)25-15-19(22-8-7-11-30-22)26-9-5-3-4-6-10-26/h7-8,11-14,19H,3-6,9-10,15H2,1-2H3,(H,25,28)/t19-/m1/s1. The molecule has 30 heavy (non-hydrogen) atoms. The summed E-state index contributed by atoms with van der Waals surface area (Å²) in [6.07, 6.45) is 4.91. The SMILES string of the molecule is Cc1cc(C)c2oc(C(=O)NC[C@H](c3cccs3)N3CCCCCC3)cc(=O)c2c1. The molecule has 1 amide bonds. The van der Waals surface area contributed by atoms with Gasteiger partial charge in [0.1, 0.15) is 5.58 Å². The smallest absolute Gasteiger partial charge is 0.287 e. The molecule has 5 nitrogen and oxygen atoms in total. The molecule has 4 rings (SSSR count). The lowest BCUT2D eigenvalue weighted by molar-refractivity contribution is 0.0907. The molecule has 0 saturated carbocycles. The van der Waals surface area contributed by atoms with Crippen molar-refractivity contribution in [3.05, 3.63) is 67.7 Å². The van der Waals surface area contributed by atoms with Crippen molar-refractivity contribution in [2.24, 2.45) is 0 Å². The first-order valence-corrected chi connectivity index (χ1v) is 11.5. The van der Waals surface area contributed by atoms with Gasteiger partial charge >= 0.3 is 0 Å². The minimum absolute atomic E-state index is 0.0697. The third-order valence-electron chi connectivity index (χ3n) is 5.79. The monoisotopic (exact) mass is 424 g/mol. The van der Waals surface area contributed by atoms with E-state index in [1.807, 2.05) is 26.0 Å². The maximum Gasteiger partial charge on any atom is 0.287 e. The van der Waals surface area contributed by atoms with E-state index < -0.39 is 0 Å². The van der Waals surface area contributed by atoms with Crippen molar-refractivity contribution in [1.29, 1.82) is 0 Å². The van der Waals surface area contributed by atoms with E-state index >= 15 is 0 Å². The van der Waals surface area contributed by atoms with Crippen LogP contribution in [0.25, 0.3) is 11.0 Å². The van der Waals surface area contributed by atoms with Crippen LogP contribution in [0, 0.1) is 13.8 Å². The molecule has 1 saturated heterocycles. The van der Waals surface area contributed by atoms with Gasteiger partial charge in [0, 0.05) is 17.5 Å². The van der Waals surface area contributed by atoms with Crippen LogP contribution in [0.5, 0.6) is 0 Å². The average Bonchev–Trinajstić information content (AvgIpc) is 3.11. The molecule has 0 bridgehead atoms. The molecular formula is C24H28N2O3S. The van der Waals surface area contributed by atoms with Crippen molar-refractivity contribution in [1.82, 2.24) is 10.2 Å². The number of nitrogens with one attached hydrogen (secondary N) is 1. The summed E-state index contributed by atoms with van der Waals surface area (Å²) in [5, 5.41) is 5.62. The average molecular weight is 425 g/mol. The maximum atomic E-state index is 12.9. The molecule has 1 aromatic carbocycles. The number of likely N-dealkylation sites (tertiary alicyclic amines) is 1. The second kappa shape index (κ2) is 9.14. The van der Waals surface area contributed by atoms with Crippen LogP contribution in [0.1, 0.15) is 58.3 Å². The van der Waals surface area contributed by atoms with E-state index in [0.29, 0.717) is 17.5 Å². The highest BCUT2D eigenvalue weighted by molar-refractivity contribution is 7.10. The summed E-state index contributed by atoms with van der Waals surface area (Å²) >= 11 is 1.72. The van der Waals surface area contributed by atoms with Gasteiger partial charge in [0.2, 0.25) is 0 Å². The van der Waals surface area contributed by atoms with Crippen LogP contribution in [0.3, 0.4) is 0 Å². The lowest BCUT2D eigenvalue weighted by Crippen LogP contribution is -2.38. The van der Waals surface area contributed by atoms with Crippen LogP contribution in [0.2, 0.25) is 0 Å². The number of thiophene rings is 1. The summed E-state index contributed by atoms with van der Waals surface area (Å²) in [5.74, 6) is -0.273. The van der Waals surface area contributed by atoms with E-state index in [2.05, 4.69) is 27.7 Å². The van der Waals surface area contributed by atoms with Gasteiger partial charge in [-0.25, -0.2) is 0 Å². The maximum absolute atomic E-state index is 12.9. The van der Waals surface area contributed by atoms with Gasteiger partial charge in [-0.05, 0) is 68.4 Å². The van der Waals surface area contributed by atoms with Crippen molar-refractivity contribution in [3.8, 4) is 0 Å². The lowest BCUT2D eigenvalue weighted by atomic mass is 10.1. The zero-order chi connectivity index (χ0) is 21.1. The Kier molecular flexibility index (Phi) is 6.35. The quantitative estimate of drug-likeness (QED) is 0.638. The highest BCUT2D eigenvalue weighted by Gasteiger charge is 2.24. The Morgan fingerprint density at radius 1 is 1.17 bits per heavy atom. The number of carbonyl (C=O) groups is 1. The number of aryl methyl sites for hydroxylation is 2. The van der Waals surface area contributed by atoms with Gasteiger partial charge in [-0.2, -0.15) is 0 Å². The summed E-state index contributed by atoms with van der Waals surface area (Å²) in [6, 6.07) is 9.40. The van der Waals surface area contributed by atoms with Gasteiger partial charge in [0.15, 0.2) is 11.2 Å². The lowest BCUT2D eigenvalue weighted by Gasteiger charge is -2.30. The van der Waals surface area contributed by atoms with Crippen molar-refractivity contribution in [2.45, 2.75) is 45.6 Å². The molecule has 1 atom stereocenters. The van der Waals surface area contributed by atoms with Crippen LogP contribution in [0.4, 0.5) is 0 Å². The highest BCUT2D eigenvalue weighted by atomic mass is 32.1. The highest BCUT2D eigenvalue weighted by Crippen LogP contribution is 2.27. The first-order chi connectivity index (χ1) is 14.5. The minimum atomic E-state index is -0.342. The summed E-state index contributed by atoms with van der Waals surface area (Å²) < 4.78 is 5.86. The minimum Gasteiger partial charge on any atom is -0.450 e.